The SMILES string of the molecule is CCCCn1c(=O)[nH]c(=O)c2c1nc(COC(=O)CCC(=O)c1ccc(Cl)cc1)n2C. The van der Waals surface area contributed by atoms with Gasteiger partial charge in [0.25, 0.3) is 5.56 Å². The molecule has 0 spiro atoms. The van der Waals surface area contributed by atoms with Gasteiger partial charge < -0.3 is 9.30 Å². The molecule has 3 aromatic rings. The Labute approximate surface area is 182 Å². The van der Waals surface area contributed by atoms with Gasteiger partial charge in [-0.05, 0) is 30.7 Å². The van der Waals surface area contributed by atoms with E-state index < -0.39 is 17.2 Å². The van der Waals surface area contributed by atoms with Gasteiger partial charge >= 0.3 is 11.7 Å². The number of rotatable bonds is 9. The number of hydrogen-bond donors (Lipinski definition) is 1. The number of aryl methyl sites for hydroxylation is 2. The van der Waals surface area contributed by atoms with Crippen molar-refractivity contribution < 1.29 is 14.3 Å². The van der Waals surface area contributed by atoms with E-state index in [1.54, 1.807) is 31.3 Å². The molecule has 1 N–H and O–H groups in total. The van der Waals surface area contributed by atoms with Gasteiger partial charge in [0.1, 0.15) is 12.4 Å². The summed E-state index contributed by atoms with van der Waals surface area (Å²) in [4.78, 5) is 55.3. The number of Topliss-reactive ketones (excluding diaryl/α,β-unsaturated/α-hetero) is 1. The maximum atomic E-state index is 12.2. The smallest absolute Gasteiger partial charge is 0.330 e. The number of unbranched alkanes of at least 4 members (excludes halogenated alkanes) is 1. The Hall–Kier alpha value is -3.20. The van der Waals surface area contributed by atoms with Gasteiger partial charge in [0.05, 0.1) is 6.42 Å². The lowest BCUT2D eigenvalue weighted by molar-refractivity contribution is -0.145. The summed E-state index contributed by atoms with van der Waals surface area (Å²) < 4.78 is 8.15. The molecular formula is C21H23ClN4O5. The molecule has 3 rings (SSSR count). The van der Waals surface area contributed by atoms with Gasteiger partial charge in [-0.15, -0.1) is 0 Å². The number of esters is 1. The highest BCUT2D eigenvalue weighted by atomic mass is 35.5. The van der Waals surface area contributed by atoms with Crippen LogP contribution in [-0.4, -0.2) is 30.9 Å². The number of fused-ring (bicyclic) bond motifs is 1. The lowest BCUT2D eigenvalue weighted by Crippen LogP contribution is -2.31. The quantitative estimate of drug-likeness (QED) is 0.399. The van der Waals surface area contributed by atoms with Crippen LogP contribution < -0.4 is 11.2 Å². The van der Waals surface area contributed by atoms with Crippen molar-refractivity contribution in [3.8, 4) is 0 Å². The number of carbonyl (C=O) groups is 2. The van der Waals surface area contributed by atoms with E-state index in [1.807, 2.05) is 6.92 Å². The van der Waals surface area contributed by atoms with Gasteiger partial charge in [0, 0.05) is 30.6 Å². The molecule has 0 fully saturated rings. The topological polar surface area (TPSA) is 116 Å². The zero-order valence-electron chi connectivity index (χ0n) is 17.3. The van der Waals surface area contributed by atoms with Crippen LogP contribution in [0.4, 0.5) is 0 Å². The third kappa shape index (κ3) is 5.11. The fourth-order valence-electron chi connectivity index (χ4n) is 3.16. The molecule has 0 saturated carbocycles. The summed E-state index contributed by atoms with van der Waals surface area (Å²) in [5, 5.41) is 0.525. The average molecular weight is 447 g/mol. The van der Waals surface area contributed by atoms with Crippen molar-refractivity contribution in [2.45, 2.75) is 45.8 Å². The molecule has 0 aliphatic rings. The number of aromatic nitrogens is 4. The van der Waals surface area contributed by atoms with E-state index in [4.69, 9.17) is 16.3 Å². The molecule has 0 aliphatic carbocycles. The first-order valence-electron chi connectivity index (χ1n) is 9.94. The number of nitrogens with zero attached hydrogens (tertiary/aromatic N) is 3. The normalized spacial score (nSPS) is 11.1. The number of aromatic amines is 1. The molecular weight excluding hydrogens is 424 g/mol. The van der Waals surface area contributed by atoms with Crippen LogP contribution >= 0.6 is 11.6 Å². The van der Waals surface area contributed by atoms with E-state index in [0.717, 1.165) is 12.8 Å². The second-order valence-corrected chi connectivity index (χ2v) is 7.55. The molecule has 164 valence electrons. The van der Waals surface area contributed by atoms with Gasteiger partial charge in [-0.1, -0.05) is 24.9 Å². The standard InChI is InChI=1S/C21H23ClN4O5/c1-3-4-11-26-19-18(20(29)24-21(26)30)25(2)16(23-19)12-31-17(28)10-9-15(27)13-5-7-14(22)8-6-13/h5-8H,3-4,9-12H2,1-2H3,(H,24,29,30). The number of nitrogens with one attached hydrogen (secondary N) is 1. The highest BCUT2D eigenvalue weighted by Gasteiger charge is 2.18. The molecule has 2 aromatic heterocycles. The Morgan fingerprint density at radius 3 is 2.55 bits per heavy atom. The van der Waals surface area contributed by atoms with Crippen LogP contribution in [0, 0.1) is 0 Å². The van der Waals surface area contributed by atoms with Gasteiger partial charge in [-0.2, -0.15) is 0 Å². The summed E-state index contributed by atoms with van der Waals surface area (Å²) in [5.41, 5.74) is -0.104. The fourth-order valence-corrected chi connectivity index (χ4v) is 3.28. The van der Waals surface area contributed by atoms with Crippen molar-refractivity contribution in [2.75, 3.05) is 0 Å². The van der Waals surface area contributed by atoms with Gasteiger partial charge in [-0.25, -0.2) is 9.78 Å². The summed E-state index contributed by atoms with van der Waals surface area (Å²) in [6, 6.07) is 6.43. The van der Waals surface area contributed by atoms with Crippen molar-refractivity contribution in [1.82, 2.24) is 19.1 Å². The maximum absolute atomic E-state index is 12.2. The van der Waals surface area contributed by atoms with Crippen LogP contribution in [0.2, 0.25) is 5.02 Å². The third-order valence-corrected chi connectivity index (χ3v) is 5.18. The Bertz CT molecular complexity index is 1220. The van der Waals surface area contributed by atoms with Crippen molar-refractivity contribution >= 4 is 34.5 Å². The van der Waals surface area contributed by atoms with Crippen molar-refractivity contribution in [2.24, 2.45) is 7.05 Å². The number of ketones is 1. The highest BCUT2D eigenvalue weighted by molar-refractivity contribution is 6.30. The van der Waals surface area contributed by atoms with Crippen LogP contribution in [0.3, 0.4) is 0 Å². The van der Waals surface area contributed by atoms with Crippen molar-refractivity contribution in [1.29, 1.82) is 0 Å². The van der Waals surface area contributed by atoms with E-state index in [9.17, 15) is 19.2 Å². The molecule has 0 saturated heterocycles. The lowest BCUT2D eigenvalue weighted by atomic mass is 10.1. The zero-order valence-corrected chi connectivity index (χ0v) is 18.1. The Balaban J connectivity index is 1.68. The Kier molecular flexibility index (Phi) is 7.06. The molecule has 0 amide bonds. The summed E-state index contributed by atoms with van der Waals surface area (Å²) in [6.07, 6.45) is 1.54. The third-order valence-electron chi connectivity index (χ3n) is 4.93. The largest absolute Gasteiger partial charge is 0.457 e. The van der Waals surface area contributed by atoms with Gasteiger partial charge in [-0.3, -0.25) is 23.9 Å². The molecule has 31 heavy (non-hydrogen) atoms. The summed E-state index contributed by atoms with van der Waals surface area (Å²) >= 11 is 5.80. The molecule has 0 unspecified atom stereocenters. The number of benzene rings is 1. The van der Waals surface area contributed by atoms with Crippen LogP contribution in [-0.2, 0) is 29.7 Å². The molecule has 0 radical (unpaired) electrons. The molecule has 9 nitrogen and oxygen atoms in total. The van der Waals surface area contributed by atoms with E-state index in [-0.39, 0.29) is 36.4 Å². The molecule has 1 aromatic carbocycles. The van der Waals surface area contributed by atoms with Gasteiger partial charge in [0.15, 0.2) is 16.9 Å². The first-order chi connectivity index (χ1) is 14.8. The van der Waals surface area contributed by atoms with Crippen LogP contribution in [0.25, 0.3) is 11.2 Å². The zero-order chi connectivity index (χ0) is 22.5. The molecule has 0 bridgehead atoms. The van der Waals surface area contributed by atoms with Gasteiger partial charge in [0.2, 0.25) is 0 Å². The van der Waals surface area contributed by atoms with Crippen LogP contribution in [0.5, 0.6) is 0 Å². The number of halogens is 1. The number of imidazole rings is 1. The summed E-state index contributed by atoms with van der Waals surface area (Å²) in [7, 11) is 1.62. The number of H-pyrrole nitrogens is 1. The van der Waals surface area contributed by atoms with E-state index in [2.05, 4.69) is 9.97 Å². The Morgan fingerprint density at radius 1 is 1.16 bits per heavy atom. The van der Waals surface area contributed by atoms with Crippen LogP contribution in [0.1, 0.15) is 48.8 Å². The number of carbonyl (C=O) groups excluding carboxylic acids is 2. The minimum atomic E-state index is -0.563. The summed E-state index contributed by atoms with van der Waals surface area (Å²) in [6.45, 7) is 2.24. The Morgan fingerprint density at radius 2 is 1.87 bits per heavy atom. The van der Waals surface area contributed by atoms with E-state index in [1.165, 1.54) is 9.13 Å². The van der Waals surface area contributed by atoms with Crippen molar-refractivity contribution in [3.63, 3.8) is 0 Å². The maximum Gasteiger partial charge on any atom is 0.330 e. The number of ether oxygens (including phenoxy) is 1. The number of hydrogen-bond acceptors (Lipinski definition) is 6. The van der Waals surface area contributed by atoms with E-state index in [0.29, 0.717) is 23.0 Å². The van der Waals surface area contributed by atoms with Crippen LogP contribution in [0.15, 0.2) is 33.9 Å². The highest BCUT2D eigenvalue weighted by Crippen LogP contribution is 2.14. The first kappa shape index (κ1) is 22.5. The molecule has 0 aliphatic heterocycles. The summed E-state index contributed by atoms with van der Waals surface area (Å²) in [5.74, 6) is -0.428. The second-order valence-electron chi connectivity index (χ2n) is 7.11. The minimum absolute atomic E-state index is 0.000759. The predicted molar refractivity (Wildman–Crippen MR) is 115 cm³/mol. The van der Waals surface area contributed by atoms with Crippen molar-refractivity contribution in [3.05, 3.63) is 61.5 Å². The first-order valence-corrected chi connectivity index (χ1v) is 10.3. The van der Waals surface area contributed by atoms with E-state index >= 15 is 0 Å². The predicted octanol–water partition coefficient (Wildman–Crippen LogP) is 2.58. The molecule has 0 atom stereocenters. The minimum Gasteiger partial charge on any atom is -0.457 e. The second kappa shape index (κ2) is 9.74. The fraction of sp³-hybridized carbons (Fsp3) is 0.381. The average Bonchev–Trinajstić information content (AvgIpc) is 3.07. The molecule has 2 heterocycles. The monoisotopic (exact) mass is 446 g/mol. The lowest BCUT2D eigenvalue weighted by Gasteiger charge is -2.05. The molecule has 10 heteroatoms.